The predicted molar refractivity (Wildman–Crippen MR) is 146 cm³/mol. The average molecular weight is 512 g/mol. The largest absolute Gasteiger partial charge is 0.493 e. The Hall–Kier alpha value is -4.85. The van der Waals surface area contributed by atoms with Crippen molar-refractivity contribution >= 4 is 18.1 Å². The quantitative estimate of drug-likeness (QED) is 0.180. The molecule has 0 radical (unpaired) electrons. The maximum atomic E-state index is 12.6. The van der Waals surface area contributed by atoms with Crippen molar-refractivity contribution in [2.75, 3.05) is 20.3 Å². The molecular formula is C30H29N3O5. The van der Waals surface area contributed by atoms with Crippen LogP contribution in [0.1, 0.15) is 28.5 Å². The molecule has 3 aromatic carbocycles. The van der Waals surface area contributed by atoms with Crippen LogP contribution in [0.4, 0.5) is 0 Å². The number of ether oxygens (including phenoxy) is 3. The second-order valence-electron chi connectivity index (χ2n) is 8.31. The topological polar surface area (TPSA) is 91.2 Å². The van der Waals surface area contributed by atoms with E-state index < -0.39 is 5.97 Å². The van der Waals surface area contributed by atoms with E-state index in [0.29, 0.717) is 22.6 Å². The Morgan fingerprint density at radius 3 is 2.42 bits per heavy atom. The number of rotatable bonds is 10. The fraction of sp³-hybridized carbons (Fsp3) is 0.167. The zero-order valence-electron chi connectivity index (χ0n) is 21.5. The second kappa shape index (κ2) is 12.4. The average Bonchev–Trinajstić information content (AvgIpc) is 3.34. The smallest absolute Gasteiger partial charge is 0.344 e. The molecule has 4 aromatic rings. The van der Waals surface area contributed by atoms with Crippen LogP contribution < -0.4 is 14.9 Å². The van der Waals surface area contributed by atoms with E-state index in [2.05, 4.69) is 46.3 Å². The minimum absolute atomic E-state index is 0.218. The van der Waals surface area contributed by atoms with Crippen molar-refractivity contribution in [2.45, 2.75) is 13.8 Å². The summed E-state index contributed by atoms with van der Waals surface area (Å²) < 4.78 is 17.8. The lowest BCUT2D eigenvalue weighted by Gasteiger charge is -2.12. The van der Waals surface area contributed by atoms with Crippen molar-refractivity contribution < 1.29 is 23.8 Å². The van der Waals surface area contributed by atoms with Gasteiger partial charge < -0.3 is 18.8 Å². The van der Waals surface area contributed by atoms with E-state index in [-0.39, 0.29) is 19.1 Å². The van der Waals surface area contributed by atoms with E-state index in [4.69, 9.17) is 14.2 Å². The predicted octanol–water partition coefficient (Wildman–Crippen LogP) is 5.17. The van der Waals surface area contributed by atoms with Crippen LogP contribution in [0.25, 0.3) is 16.9 Å². The normalized spacial score (nSPS) is 10.8. The van der Waals surface area contributed by atoms with Crippen molar-refractivity contribution in [1.29, 1.82) is 0 Å². The first-order chi connectivity index (χ1) is 18.5. The fourth-order valence-electron chi connectivity index (χ4n) is 3.93. The van der Waals surface area contributed by atoms with Gasteiger partial charge >= 0.3 is 5.97 Å². The molecule has 0 aliphatic carbocycles. The maximum Gasteiger partial charge on any atom is 0.344 e. The summed E-state index contributed by atoms with van der Waals surface area (Å²) in [7, 11) is 1.50. The van der Waals surface area contributed by atoms with Crippen molar-refractivity contribution in [3.8, 4) is 28.4 Å². The molecule has 8 heteroatoms. The molecule has 0 bridgehead atoms. The lowest BCUT2D eigenvalue weighted by molar-refractivity contribution is -0.145. The standard InChI is InChI=1S/C30H29N3O5/c1-4-37-29(34)20-38-27-17-11-22(18-28(27)36-3)19-31-32-30(35)24-12-14-25(15-13-24)33-21(2)10-16-26(33)23-8-6-5-7-9-23/h5-19H,4,20H2,1-3H3,(H,32,35)/b31-19+. The van der Waals surface area contributed by atoms with Gasteiger partial charge in [-0.05, 0) is 79.6 Å². The van der Waals surface area contributed by atoms with Gasteiger partial charge in [-0.15, -0.1) is 0 Å². The van der Waals surface area contributed by atoms with Gasteiger partial charge in [0.15, 0.2) is 18.1 Å². The third-order valence-corrected chi connectivity index (χ3v) is 5.75. The summed E-state index contributed by atoms with van der Waals surface area (Å²) >= 11 is 0. The van der Waals surface area contributed by atoms with Crippen molar-refractivity contribution in [2.24, 2.45) is 5.10 Å². The highest BCUT2D eigenvalue weighted by Crippen LogP contribution is 2.28. The van der Waals surface area contributed by atoms with Gasteiger partial charge in [-0.3, -0.25) is 4.79 Å². The molecule has 1 heterocycles. The van der Waals surface area contributed by atoms with Crippen LogP contribution in [0.15, 0.2) is 90.0 Å². The fourth-order valence-corrected chi connectivity index (χ4v) is 3.93. The Bertz CT molecular complexity index is 1430. The summed E-state index contributed by atoms with van der Waals surface area (Å²) in [5.41, 5.74) is 7.97. The van der Waals surface area contributed by atoms with Crippen LogP contribution in [0.5, 0.6) is 11.5 Å². The number of carbonyl (C=O) groups excluding carboxylic acids is 2. The van der Waals surface area contributed by atoms with Gasteiger partial charge in [0, 0.05) is 16.9 Å². The molecule has 0 spiro atoms. The monoisotopic (exact) mass is 511 g/mol. The third kappa shape index (κ3) is 6.28. The molecule has 1 N–H and O–H groups in total. The summed E-state index contributed by atoms with van der Waals surface area (Å²) in [5.74, 6) is 0.0308. The Morgan fingerprint density at radius 1 is 0.947 bits per heavy atom. The molecule has 0 fully saturated rings. The summed E-state index contributed by atoms with van der Waals surface area (Å²) in [5, 5.41) is 4.06. The third-order valence-electron chi connectivity index (χ3n) is 5.75. The molecule has 194 valence electrons. The Labute approximate surface area is 221 Å². The molecule has 38 heavy (non-hydrogen) atoms. The minimum Gasteiger partial charge on any atom is -0.493 e. The van der Waals surface area contributed by atoms with Gasteiger partial charge in [0.25, 0.3) is 5.91 Å². The van der Waals surface area contributed by atoms with Crippen molar-refractivity contribution in [3.05, 3.63) is 102 Å². The minimum atomic E-state index is -0.462. The lowest BCUT2D eigenvalue weighted by atomic mass is 10.1. The van der Waals surface area contributed by atoms with E-state index in [0.717, 1.165) is 22.6 Å². The summed E-state index contributed by atoms with van der Waals surface area (Å²) in [6.45, 7) is 3.85. The molecule has 4 rings (SSSR count). The van der Waals surface area contributed by atoms with Crippen LogP contribution >= 0.6 is 0 Å². The highest BCUT2D eigenvalue weighted by atomic mass is 16.6. The SMILES string of the molecule is CCOC(=O)COc1ccc(/C=N/NC(=O)c2ccc(-n3c(C)ccc3-c3ccccc3)cc2)cc1OC. The molecule has 1 amide bonds. The highest BCUT2D eigenvalue weighted by molar-refractivity contribution is 5.95. The first-order valence-corrected chi connectivity index (χ1v) is 12.1. The number of hydrazone groups is 1. The zero-order chi connectivity index (χ0) is 26.9. The molecule has 0 unspecified atom stereocenters. The number of amides is 1. The van der Waals surface area contributed by atoms with Crippen LogP contribution in [-0.2, 0) is 9.53 Å². The number of nitrogens with one attached hydrogen (secondary N) is 1. The molecule has 0 saturated carbocycles. The zero-order valence-corrected chi connectivity index (χ0v) is 21.5. The van der Waals surface area contributed by atoms with E-state index in [1.54, 1.807) is 37.3 Å². The van der Waals surface area contributed by atoms with E-state index in [1.165, 1.54) is 13.3 Å². The van der Waals surface area contributed by atoms with E-state index in [1.807, 2.05) is 30.3 Å². The van der Waals surface area contributed by atoms with E-state index in [9.17, 15) is 9.59 Å². The number of nitrogens with zero attached hydrogens (tertiary/aromatic N) is 2. The van der Waals surface area contributed by atoms with Gasteiger partial charge in [-0.25, -0.2) is 10.2 Å². The van der Waals surface area contributed by atoms with Crippen molar-refractivity contribution in [1.82, 2.24) is 9.99 Å². The summed E-state index contributed by atoms with van der Waals surface area (Å²) in [4.78, 5) is 24.2. The summed E-state index contributed by atoms with van der Waals surface area (Å²) in [6.07, 6.45) is 1.50. The number of esters is 1. The van der Waals surface area contributed by atoms with Crippen LogP contribution in [0, 0.1) is 6.92 Å². The first-order valence-electron chi connectivity index (χ1n) is 12.1. The van der Waals surface area contributed by atoms with Gasteiger partial charge in [0.05, 0.1) is 25.6 Å². The molecule has 0 aliphatic heterocycles. The molecular weight excluding hydrogens is 482 g/mol. The second-order valence-corrected chi connectivity index (χ2v) is 8.31. The molecule has 0 aliphatic rings. The lowest BCUT2D eigenvalue weighted by Crippen LogP contribution is -2.17. The van der Waals surface area contributed by atoms with Crippen LogP contribution in [0.2, 0.25) is 0 Å². The van der Waals surface area contributed by atoms with Crippen LogP contribution in [-0.4, -0.2) is 43.0 Å². The highest BCUT2D eigenvalue weighted by Gasteiger charge is 2.12. The molecule has 1 aromatic heterocycles. The number of carbonyl (C=O) groups is 2. The Morgan fingerprint density at radius 2 is 1.71 bits per heavy atom. The molecule has 0 saturated heterocycles. The van der Waals surface area contributed by atoms with Crippen LogP contribution in [0.3, 0.4) is 0 Å². The molecule has 0 atom stereocenters. The number of hydrogen-bond acceptors (Lipinski definition) is 6. The number of methoxy groups -OCH3 is 1. The Balaban J connectivity index is 1.40. The number of aryl methyl sites for hydroxylation is 1. The van der Waals surface area contributed by atoms with Gasteiger partial charge in [-0.1, -0.05) is 30.3 Å². The van der Waals surface area contributed by atoms with Gasteiger partial charge in [0.1, 0.15) is 0 Å². The Kier molecular flexibility index (Phi) is 8.56. The molecule has 8 nitrogen and oxygen atoms in total. The van der Waals surface area contributed by atoms with Gasteiger partial charge in [0.2, 0.25) is 0 Å². The first kappa shape index (κ1) is 26.2. The number of benzene rings is 3. The van der Waals surface area contributed by atoms with Gasteiger partial charge in [-0.2, -0.15) is 5.10 Å². The van der Waals surface area contributed by atoms with Crippen molar-refractivity contribution in [3.63, 3.8) is 0 Å². The number of aromatic nitrogens is 1. The van der Waals surface area contributed by atoms with E-state index >= 15 is 0 Å². The number of hydrogen-bond donors (Lipinski definition) is 1. The summed E-state index contributed by atoms with van der Waals surface area (Å²) in [6, 6.07) is 26.8. The maximum absolute atomic E-state index is 12.6.